The molecule has 1 fully saturated rings. The summed E-state index contributed by atoms with van der Waals surface area (Å²) in [5.41, 5.74) is 16.4. The SMILES string of the molecule is COC12C=CC(O1)[C@@]1(C)c3c(C)c(C)c(C)c(C)c3-c3c(C)c(C)c(C)c(C)c3C21C. The third-order valence-corrected chi connectivity index (χ3v) is 10.0. The van der Waals surface area contributed by atoms with Gasteiger partial charge in [-0.3, -0.25) is 0 Å². The van der Waals surface area contributed by atoms with E-state index in [1.807, 2.05) is 0 Å². The zero-order valence-corrected chi connectivity index (χ0v) is 21.0. The van der Waals surface area contributed by atoms with Crippen LogP contribution in [0.1, 0.15) is 69.5 Å². The zero-order valence-electron chi connectivity index (χ0n) is 21.0. The second-order valence-corrected chi connectivity index (χ2v) is 10.6. The first-order valence-electron chi connectivity index (χ1n) is 11.5. The van der Waals surface area contributed by atoms with Gasteiger partial charge in [0.2, 0.25) is 0 Å². The molecule has 2 heterocycles. The monoisotopic (exact) mass is 416 g/mol. The second-order valence-electron chi connectivity index (χ2n) is 10.6. The number of methoxy groups -OCH3 is 1. The van der Waals surface area contributed by atoms with E-state index < -0.39 is 5.79 Å². The standard InChI is InChI=1S/C29H36O2/c1-14-16(3)20(7)25-23(18(14)5)24-19(6)15(2)17(4)21(8)26(24)28(10)27(25,9)22-12-13-29(28,30-11)31-22/h12-13,22H,1-11H3/t22?,27-,28?,29?/m0/s1. The Morgan fingerprint density at radius 1 is 0.677 bits per heavy atom. The Hall–Kier alpha value is -1.90. The van der Waals surface area contributed by atoms with Crippen LogP contribution in [0.4, 0.5) is 0 Å². The van der Waals surface area contributed by atoms with Crippen LogP contribution in [0.5, 0.6) is 0 Å². The molecule has 31 heavy (non-hydrogen) atoms. The van der Waals surface area contributed by atoms with Crippen molar-refractivity contribution in [2.75, 3.05) is 7.11 Å². The van der Waals surface area contributed by atoms with Crippen molar-refractivity contribution in [3.8, 4) is 11.1 Å². The highest BCUT2D eigenvalue weighted by molar-refractivity contribution is 5.88. The molecule has 2 aromatic rings. The molecule has 2 heteroatoms. The van der Waals surface area contributed by atoms with E-state index in [9.17, 15) is 0 Å². The van der Waals surface area contributed by atoms with E-state index in [4.69, 9.17) is 9.47 Å². The molecule has 164 valence electrons. The number of benzene rings is 2. The minimum absolute atomic E-state index is 0.00845. The fourth-order valence-electron chi connectivity index (χ4n) is 7.39. The summed E-state index contributed by atoms with van der Waals surface area (Å²) in [6.07, 6.45) is 4.42. The second kappa shape index (κ2) is 5.91. The summed E-state index contributed by atoms with van der Waals surface area (Å²) in [5.74, 6) is -0.753. The molecule has 0 saturated carbocycles. The first-order chi connectivity index (χ1) is 14.4. The van der Waals surface area contributed by atoms with E-state index in [0.29, 0.717) is 0 Å². The Kier molecular flexibility index (Phi) is 4.00. The lowest BCUT2D eigenvalue weighted by atomic mass is 9.46. The fourth-order valence-corrected chi connectivity index (χ4v) is 7.39. The smallest absolute Gasteiger partial charge is 0.198 e. The van der Waals surface area contributed by atoms with Crippen LogP contribution in [0.25, 0.3) is 11.1 Å². The van der Waals surface area contributed by atoms with Crippen molar-refractivity contribution < 1.29 is 9.47 Å². The zero-order chi connectivity index (χ0) is 22.8. The Morgan fingerprint density at radius 3 is 1.65 bits per heavy atom. The first-order valence-corrected chi connectivity index (χ1v) is 11.5. The summed E-state index contributed by atoms with van der Waals surface area (Å²) in [6.45, 7) is 23.2. The molecule has 0 radical (unpaired) electrons. The normalized spacial score (nSPS) is 32.3. The Bertz CT molecular complexity index is 1220. The number of hydrogen-bond donors (Lipinski definition) is 0. The molecule has 2 aliphatic heterocycles. The van der Waals surface area contributed by atoms with Crippen LogP contribution >= 0.6 is 0 Å². The molecule has 5 rings (SSSR count). The number of fused-ring (bicyclic) bond motifs is 10. The molecule has 2 nitrogen and oxygen atoms in total. The third kappa shape index (κ3) is 1.91. The minimum Gasteiger partial charge on any atom is -0.349 e. The van der Waals surface area contributed by atoms with Gasteiger partial charge in [0, 0.05) is 12.5 Å². The van der Waals surface area contributed by atoms with Gasteiger partial charge in [-0.2, -0.15) is 0 Å². The summed E-state index contributed by atoms with van der Waals surface area (Å²) in [5, 5.41) is 0. The maximum atomic E-state index is 6.77. The number of hydrogen-bond acceptors (Lipinski definition) is 2. The van der Waals surface area contributed by atoms with E-state index >= 15 is 0 Å². The van der Waals surface area contributed by atoms with Gasteiger partial charge in [0.15, 0.2) is 5.79 Å². The molecule has 0 spiro atoms. The van der Waals surface area contributed by atoms with Gasteiger partial charge in [-0.25, -0.2) is 0 Å². The van der Waals surface area contributed by atoms with Crippen molar-refractivity contribution >= 4 is 0 Å². The Balaban J connectivity index is 2.12. The Morgan fingerprint density at radius 2 is 1.13 bits per heavy atom. The predicted octanol–water partition coefficient (Wildman–Crippen LogP) is 6.66. The van der Waals surface area contributed by atoms with Gasteiger partial charge in [-0.1, -0.05) is 13.0 Å². The fraction of sp³-hybridized carbons (Fsp3) is 0.517. The minimum atomic E-state index is -0.753. The van der Waals surface area contributed by atoms with Gasteiger partial charge >= 0.3 is 0 Å². The van der Waals surface area contributed by atoms with E-state index in [2.05, 4.69) is 81.4 Å². The van der Waals surface area contributed by atoms with Crippen molar-refractivity contribution in [3.63, 3.8) is 0 Å². The first kappa shape index (κ1) is 21.0. The summed E-state index contributed by atoms with van der Waals surface area (Å²) >= 11 is 0. The average molecular weight is 417 g/mol. The molecule has 0 amide bonds. The highest BCUT2D eigenvalue weighted by Gasteiger charge is 2.75. The lowest BCUT2D eigenvalue weighted by Crippen LogP contribution is -2.60. The van der Waals surface area contributed by atoms with E-state index in [1.165, 1.54) is 66.8 Å². The topological polar surface area (TPSA) is 18.5 Å². The van der Waals surface area contributed by atoms with Crippen LogP contribution < -0.4 is 0 Å². The molecular formula is C29H36O2. The third-order valence-electron chi connectivity index (χ3n) is 10.0. The molecule has 4 atom stereocenters. The quantitative estimate of drug-likeness (QED) is 0.484. The van der Waals surface area contributed by atoms with Gasteiger partial charge in [0.05, 0.1) is 11.5 Å². The highest BCUT2D eigenvalue weighted by atomic mass is 16.7. The highest BCUT2D eigenvalue weighted by Crippen LogP contribution is 2.70. The maximum Gasteiger partial charge on any atom is 0.198 e. The molecule has 3 unspecified atom stereocenters. The van der Waals surface area contributed by atoms with Gasteiger partial charge in [0.1, 0.15) is 0 Å². The predicted molar refractivity (Wildman–Crippen MR) is 128 cm³/mol. The summed E-state index contributed by atoms with van der Waals surface area (Å²) < 4.78 is 13.1. The van der Waals surface area contributed by atoms with Crippen LogP contribution in [0.15, 0.2) is 12.2 Å². The molecule has 3 aliphatic rings. The van der Waals surface area contributed by atoms with Crippen molar-refractivity contribution in [3.05, 3.63) is 67.8 Å². The lowest BCUT2D eigenvalue weighted by molar-refractivity contribution is -0.185. The summed E-state index contributed by atoms with van der Waals surface area (Å²) in [4.78, 5) is 0. The van der Waals surface area contributed by atoms with Crippen LogP contribution in [0.3, 0.4) is 0 Å². The Labute approximate surface area is 187 Å². The van der Waals surface area contributed by atoms with Crippen LogP contribution in [-0.2, 0) is 20.3 Å². The largest absolute Gasteiger partial charge is 0.349 e. The molecular weight excluding hydrogens is 380 g/mol. The molecule has 1 saturated heterocycles. The average Bonchev–Trinajstić information content (AvgIpc) is 3.27. The van der Waals surface area contributed by atoms with Crippen molar-refractivity contribution in [2.45, 2.75) is 92.0 Å². The van der Waals surface area contributed by atoms with E-state index in [1.54, 1.807) is 7.11 Å². The van der Waals surface area contributed by atoms with Gasteiger partial charge < -0.3 is 9.47 Å². The molecule has 1 aliphatic carbocycles. The lowest BCUT2D eigenvalue weighted by Gasteiger charge is -2.55. The van der Waals surface area contributed by atoms with Crippen molar-refractivity contribution in [1.82, 2.24) is 0 Å². The van der Waals surface area contributed by atoms with Gasteiger partial charge in [0.25, 0.3) is 0 Å². The van der Waals surface area contributed by atoms with Crippen LogP contribution in [0, 0.1) is 55.4 Å². The van der Waals surface area contributed by atoms with Crippen LogP contribution in [0.2, 0.25) is 0 Å². The van der Waals surface area contributed by atoms with Crippen molar-refractivity contribution in [1.29, 1.82) is 0 Å². The molecule has 2 aromatic carbocycles. The maximum absolute atomic E-state index is 6.77. The van der Waals surface area contributed by atoms with Gasteiger partial charge in [-0.15, -0.1) is 0 Å². The summed E-state index contributed by atoms with van der Waals surface area (Å²) in [7, 11) is 1.81. The summed E-state index contributed by atoms with van der Waals surface area (Å²) in [6, 6.07) is 0. The van der Waals surface area contributed by atoms with Crippen molar-refractivity contribution in [2.24, 2.45) is 0 Å². The van der Waals surface area contributed by atoms with E-state index in [-0.39, 0.29) is 16.9 Å². The van der Waals surface area contributed by atoms with Crippen LogP contribution in [-0.4, -0.2) is 19.0 Å². The van der Waals surface area contributed by atoms with E-state index in [0.717, 1.165) is 0 Å². The molecule has 0 N–H and O–H groups in total. The molecule has 0 aromatic heterocycles. The number of ether oxygens (including phenoxy) is 2. The molecule has 2 bridgehead atoms. The van der Waals surface area contributed by atoms with Gasteiger partial charge in [-0.05, 0) is 135 Å². The number of rotatable bonds is 1.